The first kappa shape index (κ1) is 14.1. The van der Waals surface area contributed by atoms with Crippen LogP contribution in [-0.4, -0.2) is 6.54 Å². The number of nitrogens with zero attached hydrogens (tertiary/aromatic N) is 2. The number of rotatable bonds is 5. The van der Waals surface area contributed by atoms with Crippen LogP contribution in [0.2, 0.25) is 0 Å². The Morgan fingerprint density at radius 1 is 1.11 bits per heavy atom. The van der Waals surface area contributed by atoms with Crippen LogP contribution < -0.4 is 5.32 Å². The largest absolute Gasteiger partial charge is 0.385 e. The second-order valence-corrected chi connectivity index (χ2v) is 5.10. The van der Waals surface area contributed by atoms with Crippen LogP contribution in [0.25, 0.3) is 0 Å². The van der Waals surface area contributed by atoms with E-state index in [1.165, 1.54) is 6.42 Å². The third-order valence-corrected chi connectivity index (χ3v) is 2.79. The summed E-state index contributed by atoms with van der Waals surface area (Å²) in [6.45, 7) is 7.52. The highest BCUT2D eigenvalue weighted by molar-refractivity contribution is 5.56. The lowest BCUT2D eigenvalue weighted by Gasteiger charge is -2.15. The van der Waals surface area contributed by atoms with E-state index >= 15 is 0 Å². The molecule has 1 aromatic rings. The van der Waals surface area contributed by atoms with Gasteiger partial charge in [0.2, 0.25) is 0 Å². The number of nitrogens with one attached hydrogen (secondary N) is 1. The van der Waals surface area contributed by atoms with Crippen LogP contribution >= 0.6 is 0 Å². The van der Waals surface area contributed by atoms with E-state index in [-0.39, 0.29) is 0 Å². The van der Waals surface area contributed by atoms with Crippen LogP contribution in [0.15, 0.2) is 18.2 Å². The van der Waals surface area contributed by atoms with Crippen molar-refractivity contribution in [1.82, 2.24) is 0 Å². The highest BCUT2D eigenvalue weighted by Crippen LogP contribution is 2.16. The number of hydrogen-bond donors (Lipinski definition) is 1. The summed E-state index contributed by atoms with van der Waals surface area (Å²) in [4.78, 5) is 0. The number of benzene rings is 1. The lowest BCUT2D eigenvalue weighted by Crippen LogP contribution is -2.13. The summed E-state index contributed by atoms with van der Waals surface area (Å²) >= 11 is 0. The van der Waals surface area contributed by atoms with Gasteiger partial charge in [0.05, 0.1) is 11.1 Å². The van der Waals surface area contributed by atoms with Crippen molar-refractivity contribution in [3.8, 4) is 12.1 Å². The maximum Gasteiger partial charge on any atom is 0.101 e. The molecule has 0 radical (unpaired) electrons. The topological polar surface area (TPSA) is 59.6 Å². The summed E-state index contributed by atoms with van der Waals surface area (Å²) in [5.74, 6) is 1.28. The zero-order valence-electron chi connectivity index (χ0n) is 11.2. The quantitative estimate of drug-likeness (QED) is 0.858. The van der Waals surface area contributed by atoms with E-state index < -0.39 is 0 Å². The van der Waals surface area contributed by atoms with E-state index in [4.69, 9.17) is 10.5 Å². The van der Waals surface area contributed by atoms with Gasteiger partial charge in [-0.15, -0.1) is 0 Å². The lowest BCUT2D eigenvalue weighted by atomic mass is 9.99. The zero-order chi connectivity index (χ0) is 13.5. The van der Waals surface area contributed by atoms with Gasteiger partial charge in [-0.2, -0.15) is 10.5 Å². The van der Waals surface area contributed by atoms with E-state index in [0.29, 0.717) is 23.0 Å². The van der Waals surface area contributed by atoms with Gasteiger partial charge in [0.1, 0.15) is 12.1 Å². The molecule has 3 heteroatoms. The maximum atomic E-state index is 8.94. The molecule has 0 aliphatic carbocycles. The Balaban J connectivity index is 2.64. The van der Waals surface area contributed by atoms with Crippen LogP contribution in [0.3, 0.4) is 0 Å². The summed E-state index contributed by atoms with van der Waals surface area (Å²) < 4.78 is 0. The molecule has 1 rings (SSSR count). The monoisotopic (exact) mass is 241 g/mol. The molecule has 0 aromatic heterocycles. The molecule has 0 spiro atoms. The second kappa shape index (κ2) is 6.67. The molecular formula is C15H19N3. The predicted molar refractivity (Wildman–Crippen MR) is 73.0 cm³/mol. The molecule has 1 aromatic carbocycles. The Labute approximate surface area is 109 Å². The highest BCUT2D eigenvalue weighted by Gasteiger charge is 2.06. The van der Waals surface area contributed by atoms with Gasteiger partial charge in [-0.25, -0.2) is 0 Å². The summed E-state index contributed by atoms with van der Waals surface area (Å²) in [5, 5.41) is 21.1. The fourth-order valence-corrected chi connectivity index (χ4v) is 2.02. The Morgan fingerprint density at radius 2 is 1.78 bits per heavy atom. The van der Waals surface area contributed by atoms with Crippen LogP contribution in [0, 0.1) is 34.5 Å². The van der Waals surface area contributed by atoms with Crippen molar-refractivity contribution >= 4 is 5.69 Å². The number of hydrogen-bond acceptors (Lipinski definition) is 3. The standard InChI is InChI=1S/C15H19N3/c1-11(2)6-12(3)10-18-15-5-4-13(8-16)14(7-15)9-17/h4-5,7,11-12,18H,6,10H2,1-3H3. The van der Waals surface area contributed by atoms with Gasteiger partial charge >= 0.3 is 0 Å². The molecule has 0 bridgehead atoms. The minimum Gasteiger partial charge on any atom is -0.385 e. The van der Waals surface area contributed by atoms with Crippen molar-refractivity contribution in [3.05, 3.63) is 29.3 Å². The average Bonchev–Trinajstić information content (AvgIpc) is 2.35. The van der Waals surface area contributed by atoms with E-state index in [1.807, 2.05) is 18.2 Å². The van der Waals surface area contributed by atoms with Crippen LogP contribution in [0.1, 0.15) is 38.3 Å². The Bertz CT molecular complexity index is 477. The van der Waals surface area contributed by atoms with Gasteiger partial charge in [-0.3, -0.25) is 0 Å². The van der Waals surface area contributed by atoms with Gasteiger partial charge < -0.3 is 5.32 Å². The van der Waals surface area contributed by atoms with Crippen molar-refractivity contribution in [3.63, 3.8) is 0 Å². The number of anilines is 1. The van der Waals surface area contributed by atoms with Crippen molar-refractivity contribution in [2.75, 3.05) is 11.9 Å². The highest BCUT2D eigenvalue weighted by atomic mass is 14.9. The van der Waals surface area contributed by atoms with Gasteiger partial charge in [-0.1, -0.05) is 20.8 Å². The smallest absolute Gasteiger partial charge is 0.101 e. The van der Waals surface area contributed by atoms with Crippen molar-refractivity contribution in [2.45, 2.75) is 27.2 Å². The lowest BCUT2D eigenvalue weighted by molar-refractivity contribution is 0.455. The van der Waals surface area contributed by atoms with Gasteiger partial charge in [0.15, 0.2) is 0 Å². The van der Waals surface area contributed by atoms with Crippen LogP contribution in [0.4, 0.5) is 5.69 Å². The van der Waals surface area contributed by atoms with Crippen LogP contribution in [-0.2, 0) is 0 Å². The molecule has 18 heavy (non-hydrogen) atoms. The zero-order valence-corrected chi connectivity index (χ0v) is 11.2. The first-order chi connectivity index (χ1) is 8.56. The molecule has 0 heterocycles. The second-order valence-electron chi connectivity index (χ2n) is 5.10. The minimum atomic E-state index is 0.429. The molecule has 1 atom stereocenters. The maximum absolute atomic E-state index is 8.94. The molecule has 1 unspecified atom stereocenters. The Hall–Kier alpha value is -2.00. The van der Waals surface area contributed by atoms with E-state index in [2.05, 4.69) is 26.1 Å². The summed E-state index contributed by atoms with van der Waals surface area (Å²) in [6.07, 6.45) is 1.17. The minimum absolute atomic E-state index is 0.429. The summed E-state index contributed by atoms with van der Waals surface area (Å²) in [6, 6.07) is 9.33. The number of nitriles is 2. The predicted octanol–water partition coefficient (Wildman–Crippen LogP) is 3.52. The van der Waals surface area contributed by atoms with E-state index in [1.54, 1.807) is 12.1 Å². The molecular weight excluding hydrogens is 222 g/mol. The third-order valence-electron chi connectivity index (χ3n) is 2.79. The summed E-state index contributed by atoms with van der Waals surface area (Å²) in [5.41, 5.74) is 1.76. The van der Waals surface area contributed by atoms with E-state index in [9.17, 15) is 0 Å². The summed E-state index contributed by atoms with van der Waals surface area (Å²) in [7, 11) is 0. The first-order valence-corrected chi connectivity index (χ1v) is 6.25. The van der Waals surface area contributed by atoms with Gasteiger partial charge in [0.25, 0.3) is 0 Å². The van der Waals surface area contributed by atoms with Crippen molar-refractivity contribution in [2.24, 2.45) is 11.8 Å². The van der Waals surface area contributed by atoms with Crippen molar-refractivity contribution in [1.29, 1.82) is 10.5 Å². The van der Waals surface area contributed by atoms with Crippen LogP contribution in [0.5, 0.6) is 0 Å². The Morgan fingerprint density at radius 3 is 2.33 bits per heavy atom. The fourth-order valence-electron chi connectivity index (χ4n) is 2.02. The molecule has 0 aliphatic heterocycles. The third kappa shape index (κ3) is 4.11. The van der Waals surface area contributed by atoms with Gasteiger partial charge in [0, 0.05) is 12.2 Å². The molecule has 0 aliphatic rings. The molecule has 0 saturated heterocycles. The molecule has 0 fully saturated rings. The molecule has 0 saturated carbocycles. The average molecular weight is 241 g/mol. The van der Waals surface area contributed by atoms with E-state index in [0.717, 1.165) is 12.2 Å². The molecule has 94 valence electrons. The van der Waals surface area contributed by atoms with Crippen molar-refractivity contribution < 1.29 is 0 Å². The van der Waals surface area contributed by atoms with Gasteiger partial charge in [-0.05, 0) is 36.5 Å². The molecule has 1 N–H and O–H groups in total. The fraction of sp³-hybridized carbons (Fsp3) is 0.467. The molecule has 0 amide bonds. The normalized spacial score (nSPS) is 11.7. The SMILES string of the molecule is CC(C)CC(C)CNc1ccc(C#N)c(C#N)c1. The first-order valence-electron chi connectivity index (χ1n) is 6.25. The molecule has 3 nitrogen and oxygen atoms in total. The Kier molecular flexibility index (Phi) is 5.21.